The van der Waals surface area contributed by atoms with Gasteiger partial charge in [0.2, 0.25) is 0 Å². The van der Waals surface area contributed by atoms with Crippen LogP contribution in [0.2, 0.25) is 0 Å². The van der Waals surface area contributed by atoms with Crippen molar-refractivity contribution < 1.29 is 19.1 Å². The third-order valence-electron chi connectivity index (χ3n) is 3.62. The summed E-state index contributed by atoms with van der Waals surface area (Å²) in [5.41, 5.74) is -0.126. The van der Waals surface area contributed by atoms with Crippen LogP contribution in [0.15, 0.2) is 33.5 Å². The SMILES string of the molecule is COC(=O)C[C@@H](CC(C)C)c1c(O)c2ccccc2oc1=O. The summed E-state index contributed by atoms with van der Waals surface area (Å²) in [6.45, 7) is 3.98. The number of rotatable bonds is 5. The number of hydrogen-bond acceptors (Lipinski definition) is 5. The predicted molar refractivity (Wildman–Crippen MR) is 83.0 cm³/mol. The minimum absolute atomic E-state index is 0.0331. The van der Waals surface area contributed by atoms with E-state index in [0.717, 1.165) is 0 Å². The van der Waals surface area contributed by atoms with Crippen molar-refractivity contribution in [2.45, 2.75) is 32.6 Å². The first-order chi connectivity index (χ1) is 10.4. The number of esters is 1. The third-order valence-corrected chi connectivity index (χ3v) is 3.62. The largest absolute Gasteiger partial charge is 0.507 e. The average Bonchev–Trinajstić information content (AvgIpc) is 2.46. The number of carbonyl (C=O) groups is 1. The maximum Gasteiger partial charge on any atom is 0.343 e. The van der Waals surface area contributed by atoms with Crippen molar-refractivity contribution >= 4 is 16.9 Å². The summed E-state index contributed by atoms with van der Waals surface area (Å²) in [5.74, 6) is -0.716. The van der Waals surface area contributed by atoms with Gasteiger partial charge in [-0.15, -0.1) is 0 Å². The number of benzene rings is 1. The molecule has 0 unspecified atom stereocenters. The minimum atomic E-state index is -0.606. The van der Waals surface area contributed by atoms with Gasteiger partial charge in [0.05, 0.1) is 24.5 Å². The fourth-order valence-electron chi connectivity index (χ4n) is 2.66. The molecule has 1 N–H and O–H groups in total. The lowest BCUT2D eigenvalue weighted by Crippen LogP contribution is -2.18. The zero-order chi connectivity index (χ0) is 16.3. The van der Waals surface area contributed by atoms with E-state index < -0.39 is 17.5 Å². The second-order valence-electron chi connectivity index (χ2n) is 5.75. The van der Waals surface area contributed by atoms with Gasteiger partial charge in [-0.3, -0.25) is 4.79 Å². The Morgan fingerprint density at radius 1 is 1.32 bits per heavy atom. The van der Waals surface area contributed by atoms with Gasteiger partial charge in [-0.25, -0.2) is 4.79 Å². The van der Waals surface area contributed by atoms with Gasteiger partial charge in [-0.2, -0.15) is 0 Å². The molecule has 1 heterocycles. The van der Waals surface area contributed by atoms with Gasteiger partial charge in [0, 0.05) is 5.92 Å². The van der Waals surface area contributed by atoms with Gasteiger partial charge in [-0.05, 0) is 24.5 Å². The van der Waals surface area contributed by atoms with Crippen LogP contribution in [0.3, 0.4) is 0 Å². The Hall–Kier alpha value is -2.30. The highest BCUT2D eigenvalue weighted by atomic mass is 16.5. The van der Waals surface area contributed by atoms with E-state index >= 15 is 0 Å². The molecule has 5 heteroatoms. The lowest BCUT2D eigenvalue weighted by molar-refractivity contribution is -0.141. The van der Waals surface area contributed by atoms with Crippen molar-refractivity contribution in [2.24, 2.45) is 5.92 Å². The van der Waals surface area contributed by atoms with Crippen LogP contribution in [0.1, 0.15) is 38.2 Å². The molecule has 0 amide bonds. The number of hydrogen-bond donors (Lipinski definition) is 1. The first kappa shape index (κ1) is 16.1. The highest BCUT2D eigenvalue weighted by Crippen LogP contribution is 2.35. The van der Waals surface area contributed by atoms with Crippen molar-refractivity contribution in [2.75, 3.05) is 7.11 Å². The summed E-state index contributed by atoms with van der Waals surface area (Å²) < 4.78 is 9.98. The summed E-state index contributed by atoms with van der Waals surface area (Å²) in [7, 11) is 1.30. The van der Waals surface area contributed by atoms with Crippen LogP contribution in [-0.4, -0.2) is 18.2 Å². The Kier molecular flexibility index (Phi) is 4.85. The molecule has 0 saturated heterocycles. The monoisotopic (exact) mass is 304 g/mol. The molecule has 2 aromatic rings. The summed E-state index contributed by atoms with van der Waals surface area (Å²) in [6, 6.07) is 6.79. The molecule has 1 aromatic heterocycles. The van der Waals surface area contributed by atoms with Crippen molar-refractivity contribution in [3.8, 4) is 5.75 Å². The van der Waals surface area contributed by atoms with Crippen molar-refractivity contribution in [1.82, 2.24) is 0 Å². The molecular formula is C17H20O5. The van der Waals surface area contributed by atoms with Gasteiger partial charge >= 0.3 is 11.6 Å². The quantitative estimate of drug-likeness (QED) is 0.678. The predicted octanol–water partition coefficient (Wildman–Crippen LogP) is 3.19. The second kappa shape index (κ2) is 6.64. The second-order valence-corrected chi connectivity index (χ2v) is 5.75. The summed E-state index contributed by atoms with van der Waals surface area (Å²) in [5, 5.41) is 11.0. The van der Waals surface area contributed by atoms with Gasteiger partial charge < -0.3 is 14.3 Å². The van der Waals surface area contributed by atoms with Crippen LogP contribution < -0.4 is 5.63 Å². The first-order valence-electron chi connectivity index (χ1n) is 7.25. The standard InChI is InChI=1S/C17H20O5/c1-10(2)8-11(9-14(18)21-3)15-16(19)12-6-4-5-7-13(12)22-17(15)20/h4-7,10-11,19H,8-9H2,1-3H3/t11-/m1/s1. The Labute approximate surface area is 128 Å². The highest BCUT2D eigenvalue weighted by Gasteiger charge is 2.26. The van der Waals surface area contributed by atoms with Crippen LogP contribution in [-0.2, 0) is 9.53 Å². The third kappa shape index (κ3) is 3.30. The normalized spacial score (nSPS) is 12.5. The first-order valence-corrected chi connectivity index (χ1v) is 7.25. The zero-order valence-electron chi connectivity index (χ0n) is 13.0. The van der Waals surface area contributed by atoms with E-state index in [1.165, 1.54) is 7.11 Å². The molecule has 0 aliphatic heterocycles. The van der Waals surface area contributed by atoms with Crippen molar-refractivity contribution in [1.29, 1.82) is 0 Å². The van der Waals surface area contributed by atoms with Crippen molar-refractivity contribution in [3.63, 3.8) is 0 Å². The molecule has 5 nitrogen and oxygen atoms in total. The molecule has 0 aliphatic rings. The minimum Gasteiger partial charge on any atom is -0.507 e. The number of ether oxygens (including phenoxy) is 1. The molecule has 0 spiro atoms. The van der Waals surface area contributed by atoms with Crippen LogP contribution in [0.25, 0.3) is 11.0 Å². The molecule has 1 atom stereocenters. The molecular weight excluding hydrogens is 284 g/mol. The summed E-state index contributed by atoms with van der Waals surface area (Å²) in [6.07, 6.45) is 0.608. The Balaban J connectivity index is 2.57. The van der Waals surface area contributed by atoms with Crippen LogP contribution in [0.5, 0.6) is 5.75 Å². The molecule has 0 bridgehead atoms. The molecule has 1 aromatic carbocycles. The van der Waals surface area contributed by atoms with Gasteiger partial charge in [-0.1, -0.05) is 26.0 Å². The summed E-state index contributed by atoms with van der Waals surface area (Å²) >= 11 is 0. The average molecular weight is 304 g/mol. The van der Waals surface area contributed by atoms with E-state index in [-0.39, 0.29) is 23.7 Å². The van der Waals surface area contributed by atoms with Gasteiger partial charge in [0.1, 0.15) is 11.3 Å². The molecule has 22 heavy (non-hydrogen) atoms. The van der Waals surface area contributed by atoms with Crippen molar-refractivity contribution in [3.05, 3.63) is 40.2 Å². The highest BCUT2D eigenvalue weighted by molar-refractivity contribution is 5.84. The van der Waals surface area contributed by atoms with Crippen LogP contribution in [0.4, 0.5) is 0 Å². The zero-order valence-corrected chi connectivity index (χ0v) is 13.0. The van der Waals surface area contributed by atoms with E-state index in [1.807, 2.05) is 13.8 Å². The van der Waals surface area contributed by atoms with E-state index in [4.69, 9.17) is 9.15 Å². The molecule has 118 valence electrons. The van der Waals surface area contributed by atoms with E-state index in [2.05, 4.69) is 0 Å². The number of aromatic hydroxyl groups is 1. The van der Waals surface area contributed by atoms with E-state index in [9.17, 15) is 14.7 Å². The number of fused-ring (bicyclic) bond motifs is 1. The molecule has 0 aliphatic carbocycles. The van der Waals surface area contributed by atoms with Gasteiger partial charge in [0.15, 0.2) is 0 Å². The lowest BCUT2D eigenvalue weighted by atomic mass is 9.87. The Bertz CT molecular complexity index is 729. The topological polar surface area (TPSA) is 76.7 Å². The summed E-state index contributed by atoms with van der Waals surface area (Å²) in [4.78, 5) is 23.9. The van der Waals surface area contributed by atoms with Crippen LogP contribution >= 0.6 is 0 Å². The van der Waals surface area contributed by atoms with Crippen LogP contribution in [0, 0.1) is 5.92 Å². The fourth-order valence-corrected chi connectivity index (χ4v) is 2.66. The maximum atomic E-state index is 12.3. The molecule has 2 rings (SSSR count). The molecule has 0 radical (unpaired) electrons. The molecule has 0 saturated carbocycles. The number of methoxy groups -OCH3 is 1. The number of para-hydroxylation sites is 1. The maximum absolute atomic E-state index is 12.3. The fraction of sp³-hybridized carbons (Fsp3) is 0.412. The van der Waals surface area contributed by atoms with Gasteiger partial charge in [0.25, 0.3) is 0 Å². The lowest BCUT2D eigenvalue weighted by Gasteiger charge is -2.18. The molecule has 0 fully saturated rings. The van der Waals surface area contributed by atoms with E-state index in [1.54, 1.807) is 24.3 Å². The Morgan fingerprint density at radius 3 is 2.64 bits per heavy atom. The Morgan fingerprint density at radius 2 is 2.00 bits per heavy atom. The number of carbonyl (C=O) groups excluding carboxylic acids is 1. The van der Waals surface area contributed by atoms with E-state index in [0.29, 0.717) is 17.4 Å². The smallest absolute Gasteiger partial charge is 0.343 e.